The van der Waals surface area contributed by atoms with Crippen molar-refractivity contribution in [3.05, 3.63) is 65.8 Å². The van der Waals surface area contributed by atoms with Crippen LogP contribution >= 0.6 is 11.6 Å². The lowest BCUT2D eigenvalue weighted by Gasteiger charge is -2.32. The first kappa shape index (κ1) is 20.5. The van der Waals surface area contributed by atoms with Gasteiger partial charge in [0.15, 0.2) is 5.65 Å². The molecule has 0 bridgehead atoms. The van der Waals surface area contributed by atoms with Gasteiger partial charge in [-0.1, -0.05) is 11.6 Å². The van der Waals surface area contributed by atoms with E-state index < -0.39 is 0 Å². The number of benzene rings is 1. The molecule has 0 atom stereocenters. The number of anilines is 3. The number of rotatable bonds is 5. The van der Waals surface area contributed by atoms with E-state index in [4.69, 9.17) is 32.8 Å². The van der Waals surface area contributed by atoms with E-state index in [2.05, 4.69) is 19.9 Å². The van der Waals surface area contributed by atoms with Crippen LogP contribution < -0.4 is 21.1 Å². The van der Waals surface area contributed by atoms with E-state index >= 15 is 0 Å². The summed E-state index contributed by atoms with van der Waals surface area (Å²) in [7, 11) is 0. The topological polar surface area (TPSA) is 121 Å². The van der Waals surface area contributed by atoms with Crippen LogP contribution in [0.15, 0.2) is 55.2 Å². The summed E-state index contributed by atoms with van der Waals surface area (Å²) in [5.74, 6) is 1.96. The second kappa shape index (κ2) is 8.03. The maximum absolute atomic E-state index is 6.37. The lowest BCUT2D eigenvalue weighted by Crippen LogP contribution is -2.37. The van der Waals surface area contributed by atoms with Crippen LogP contribution in [-0.4, -0.2) is 37.6 Å². The summed E-state index contributed by atoms with van der Waals surface area (Å²) in [6.45, 7) is 2.35. The quantitative estimate of drug-likeness (QED) is 0.394. The van der Waals surface area contributed by atoms with Crippen molar-refractivity contribution in [2.75, 3.05) is 29.5 Å². The molecule has 6 rings (SSSR count). The van der Waals surface area contributed by atoms with Crippen molar-refractivity contribution in [1.29, 1.82) is 0 Å². The first-order chi connectivity index (χ1) is 16.6. The summed E-state index contributed by atoms with van der Waals surface area (Å²) < 4.78 is 7.91. The van der Waals surface area contributed by atoms with E-state index in [1.165, 1.54) is 12.7 Å². The Bertz CT molecular complexity index is 1550. The Labute approximate surface area is 200 Å². The number of ether oxygens (including phenoxy) is 1. The number of hydrogen-bond donors (Lipinski definition) is 2. The van der Waals surface area contributed by atoms with Crippen molar-refractivity contribution in [2.45, 2.75) is 13.0 Å². The average Bonchev–Trinajstić information content (AvgIpc) is 3.14. The van der Waals surface area contributed by atoms with Gasteiger partial charge < -0.3 is 21.1 Å². The number of pyridine rings is 2. The maximum Gasteiger partial charge on any atom is 0.151 e. The molecule has 1 aliphatic rings. The highest BCUT2D eigenvalue weighted by Gasteiger charge is 2.17. The van der Waals surface area contributed by atoms with Crippen molar-refractivity contribution in [3.8, 4) is 11.4 Å². The first-order valence-corrected chi connectivity index (χ1v) is 11.2. The third-order valence-corrected chi connectivity index (χ3v) is 6.30. The number of aromatic nitrogens is 5. The van der Waals surface area contributed by atoms with E-state index in [1.54, 1.807) is 18.6 Å². The number of nitrogen functional groups attached to an aromatic ring is 2. The minimum atomic E-state index is 0.331. The highest BCUT2D eigenvalue weighted by Crippen LogP contribution is 2.31. The van der Waals surface area contributed by atoms with Gasteiger partial charge in [-0.3, -0.25) is 9.55 Å². The molecular weight excluding hydrogens is 452 g/mol. The third kappa shape index (κ3) is 3.50. The van der Waals surface area contributed by atoms with Crippen LogP contribution in [0.1, 0.15) is 12.0 Å². The Hall–Kier alpha value is -4.11. The fourth-order valence-corrected chi connectivity index (χ4v) is 4.38. The molecule has 34 heavy (non-hydrogen) atoms. The molecule has 0 unspecified atom stereocenters. The van der Waals surface area contributed by atoms with Crippen LogP contribution in [0.25, 0.3) is 27.6 Å². The molecule has 1 fully saturated rings. The fraction of sp³-hybridized carbons (Fsp3) is 0.167. The lowest BCUT2D eigenvalue weighted by molar-refractivity contribution is 0.306. The zero-order valence-electron chi connectivity index (χ0n) is 18.1. The Balaban J connectivity index is 1.27. The molecule has 5 heterocycles. The molecule has 0 spiro atoms. The second-order valence-electron chi connectivity index (χ2n) is 8.23. The lowest BCUT2D eigenvalue weighted by atomic mass is 10.1. The summed E-state index contributed by atoms with van der Waals surface area (Å²) in [4.78, 5) is 19.7. The summed E-state index contributed by atoms with van der Waals surface area (Å²) in [6.07, 6.45) is 7.85. The normalized spacial score (nSPS) is 13.4. The molecule has 0 saturated carbocycles. The molecule has 9 nitrogen and oxygen atoms in total. The standard InChI is InChI=1S/C24H21ClN8O/c25-18-11-33(24-22(18)23(27)29-13-30-24)15-6-14(9-28-10-15)12-34-16-2-3-17-19(26)8-21(31-20(17)7-16)32-4-1-5-32/h2-3,6-11,13H,1,4-5,12H2,(H2,26,31)(H2,27,29,30). The van der Waals surface area contributed by atoms with Gasteiger partial charge in [0.2, 0.25) is 0 Å². The Morgan fingerprint density at radius 2 is 1.94 bits per heavy atom. The van der Waals surface area contributed by atoms with Crippen molar-refractivity contribution in [3.63, 3.8) is 0 Å². The Kier molecular flexibility index (Phi) is 4.84. The third-order valence-electron chi connectivity index (χ3n) is 6.01. The van der Waals surface area contributed by atoms with Crippen molar-refractivity contribution in [1.82, 2.24) is 24.5 Å². The van der Waals surface area contributed by atoms with Gasteiger partial charge in [-0.15, -0.1) is 0 Å². The minimum Gasteiger partial charge on any atom is -0.489 e. The number of nitrogens with zero attached hydrogens (tertiary/aromatic N) is 6. The summed E-state index contributed by atoms with van der Waals surface area (Å²) in [5.41, 5.74) is 16.1. The molecule has 1 saturated heterocycles. The van der Waals surface area contributed by atoms with Crippen LogP contribution in [0.2, 0.25) is 5.02 Å². The Morgan fingerprint density at radius 1 is 1.06 bits per heavy atom. The van der Waals surface area contributed by atoms with Crippen LogP contribution in [0.3, 0.4) is 0 Å². The fourth-order valence-electron chi connectivity index (χ4n) is 4.11. The summed E-state index contributed by atoms with van der Waals surface area (Å²) in [6, 6.07) is 9.68. The summed E-state index contributed by atoms with van der Waals surface area (Å²) in [5, 5.41) is 2.01. The van der Waals surface area contributed by atoms with Gasteiger partial charge in [0.25, 0.3) is 0 Å². The number of halogens is 1. The zero-order valence-corrected chi connectivity index (χ0v) is 18.9. The van der Waals surface area contributed by atoms with Crippen molar-refractivity contribution < 1.29 is 4.74 Å². The molecule has 0 radical (unpaired) electrons. The minimum absolute atomic E-state index is 0.331. The monoisotopic (exact) mass is 472 g/mol. The van der Waals surface area contributed by atoms with Gasteiger partial charge in [0, 0.05) is 54.3 Å². The van der Waals surface area contributed by atoms with Gasteiger partial charge in [-0.25, -0.2) is 15.0 Å². The van der Waals surface area contributed by atoms with Crippen LogP contribution in [0, 0.1) is 0 Å². The van der Waals surface area contributed by atoms with Gasteiger partial charge in [0.1, 0.15) is 30.3 Å². The molecule has 5 aromatic rings. The number of nitrogens with two attached hydrogens (primary N) is 2. The van der Waals surface area contributed by atoms with Crippen LogP contribution in [-0.2, 0) is 6.61 Å². The van der Waals surface area contributed by atoms with E-state index in [-0.39, 0.29) is 0 Å². The smallest absolute Gasteiger partial charge is 0.151 e. The van der Waals surface area contributed by atoms with Gasteiger partial charge in [-0.05, 0) is 24.6 Å². The maximum atomic E-state index is 6.37. The van der Waals surface area contributed by atoms with Gasteiger partial charge in [-0.2, -0.15) is 0 Å². The molecule has 10 heteroatoms. The van der Waals surface area contributed by atoms with Gasteiger partial charge >= 0.3 is 0 Å². The molecular formula is C24H21ClN8O. The van der Waals surface area contributed by atoms with E-state index in [0.717, 1.165) is 46.7 Å². The largest absolute Gasteiger partial charge is 0.489 e. The molecule has 1 aromatic carbocycles. The van der Waals surface area contributed by atoms with E-state index in [9.17, 15) is 0 Å². The SMILES string of the molecule is Nc1cc(N2CCC2)nc2cc(OCc3cncc(-n4cc(Cl)c5c(N)ncnc54)c3)ccc12. The Morgan fingerprint density at radius 3 is 2.76 bits per heavy atom. The predicted octanol–water partition coefficient (Wildman–Crippen LogP) is 3.97. The molecule has 4 N–H and O–H groups in total. The van der Waals surface area contributed by atoms with Crippen LogP contribution in [0.4, 0.5) is 17.3 Å². The number of hydrogen-bond acceptors (Lipinski definition) is 8. The van der Waals surface area contributed by atoms with Crippen LogP contribution in [0.5, 0.6) is 5.75 Å². The van der Waals surface area contributed by atoms with E-state index in [0.29, 0.717) is 34.2 Å². The first-order valence-electron chi connectivity index (χ1n) is 10.9. The van der Waals surface area contributed by atoms with Crippen molar-refractivity contribution >= 4 is 50.9 Å². The zero-order chi connectivity index (χ0) is 23.2. The molecule has 170 valence electrons. The van der Waals surface area contributed by atoms with Crippen molar-refractivity contribution in [2.24, 2.45) is 0 Å². The molecule has 4 aromatic heterocycles. The number of fused-ring (bicyclic) bond motifs is 2. The summed E-state index contributed by atoms with van der Waals surface area (Å²) >= 11 is 6.37. The molecule has 0 amide bonds. The predicted molar refractivity (Wildman–Crippen MR) is 133 cm³/mol. The average molecular weight is 473 g/mol. The van der Waals surface area contributed by atoms with Gasteiger partial charge in [0.05, 0.1) is 27.8 Å². The second-order valence-corrected chi connectivity index (χ2v) is 8.64. The molecule has 0 aliphatic carbocycles. The van der Waals surface area contributed by atoms with E-state index in [1.807, 2.05) is 34.9 Å². The highest BCUT2D eigenvalue weighted by atomic mass is 35.5. The highest BCUT2D eigenvalue weighted by molar-refractivity contribution is 6.36. The molecule has 1 aliphatic heterocycles.